The summed E-state index contributed by atoms with van der Waals surface area (Å²) >= 11 is 0. The van der Waals surface area contributed by atoms with E-state index in [2.05, 4.69) is 10.3 Å². The van der Waals surface area contributed by atoms with Crippen LogP contribution in [0.25, 0.3) is 0 Å². The van der Waals surface area contributed by atoms with Gasteiger partial charge in [-0.05, 0) is 24.6 Å². The van der Waals surface area contributed by atoms with Gasteiger partial charge in [0.25, 0.3) is 0 Å². The van der Waals surface area contributed by atoms with Crippen molar-refractivity contribution in [2.75, 3.05) is 14.2 Å². The maximum Gasteiger partial charge on any atom is 0.161 e. The first-order valence-corrected chi connectivity index (χ1v) is 6.00. The Morgan fingerprint density at radius 2 is 2.00 bits per heavy atom. The molecule has 0 amide bonds. The maximum absolute atomic E-state index is 5.75. The molecular formula is C13H18N4O2. The van der Waals surface area contributed by atoms with Crippen molar-refractivity contribution < 1.29 is 9.47 Å². The van der Waals surface area contributed by atoms with Gasteiger partial charge in [-0.2, -0.15) is 0 Å². The lowest BCUT2D eigenvalue weighted by molar-refractivity contribution is 0.354. The van der Waals surface area contributed by atoms with Gasteiger partial charge in [-0.3, -0.25) is 0 Å². The van der Waals surface area contributed by atoms with Gasteiger partial charge in [-0.1, -0.05) is 11.3 Å². The lowest BCUT2D eigenvalue weighted by Gasteiger charge is -2.09. The van der Waals surface area contributed by atoms with Gasteiger partial charge >= 0.3 is 0 Å². The number of hydrogen-bond donors (Lipinski definition) is 1. The molecule has 2 N–H and O–H groups in total. The van der Waals surface area contributed by atoms with Crippen LogP contribution in [0.1, 0.15) is 24.2 Å². The highest BCUT2D eigenvalue weighted by Gasteiger charge is 2.08. The zero-order chi connectivity index (χ0) is 13.8. The van der Waals surface area contributed by atoms with Crippen molar-refractivity contribution >= 4 is 0 Å². The number of aromatic nitrogens is 3. The first-order chi connectivity index (χ1) is 9.13. The molecule has 1 unspecified atom stereocenters. The Hall–Kier alpha value is -2.08. The third-order valence-corrected chi connectivity index (χ3v) is 2.82. The summed E-state index contributed by atoms with van der Waals surface area (Å²) in [5.41, 5.74) is 7.58. The molecule has 0 fully saturated rings. The molecule has 0 bridgehead atoms. The molecule has 2 aromatic rings. The van der Waals surface area contributed by atoms with Crippen molar-refractivity contribution in [1.29, 1.82) is 0 Å². The molecule has 1 atom stereocenters. The van der Waals surface area contributed by atoms with Gasteiger partial charge in [-0.25, -0.2) is 4.68 Å². The van der Waals surface area contributed by atoms with E-state index in [9.17, 15) is 0 Å². The fourth-order valence-corrected chi connectivity index (χ4v) is 1.77. The Labute approximate surface area is 112 Å². The average Bonchev–Trinajstić information content (AvgIpc) is 2.87. The summed E-state index contributed by atoms with van der Waals surface area (Å²) in [6, 6.07) is 5.65. The summed E-state index contributed by atoms with van der Waals surface area (Å²) in [4.78, 5) is 0. The lowest BCUT2D eigenvalue weighted by atomic mass is 10.2. The minimum absolute atomic E-state index is 0.112. The van der Waals surface area contributed by atoms with Crippen LogP contribution in [0.5, 0.6) is 11.5 Å². The van der Waals surface area contributed by atoms with Crippen LogP contribution in [0.2, 0.25) is 0 Å². The SMILES string of the molecule is COc1ccc(Cn2cc(C(C)N)nn2)cc1OC. The van der Waals surface area contributed by atoms with E-state index >= 15 is 0 Å². The molecule has 0 saturated heterocycles. The third-order valence-electron chi connectivity index (χ3n) is 2.82. The van der Waals surface area contributed by atoms with E-state index in [1.54, 1.807) is 18.9 Å². The van der Waals surface area contributed by atoms with Crippen LogP contribution in [0.15, 0.2) is 24.4 Å². The summed E-state index contributed by atoms with van der Waals surface area (Å²) in [7, 11) is 3.23. The second kappa shape index (κ2) is 5.71. The normalized spacial score (nSPS) is 12.2. The van der Waals surface area contributed by atoms with Crippen molar-refractivity contribution in [3.63, 3.8) is 0 Å². The molecule has 1 heterocycles. The van der Waals surface area contributed by atoms with Gasteiger partial charge in [0, 0.05) is 6.04 Å². The first-order valence-electron chi connectivity index (χ1n) is 6.00. The van der Waals surface area contributed by atoms with E-state index in [1.807, 2.05) is 31.3 Å². The Kier molecular flexibility index (Phi) is 4.01. The molecule has 0 spiro atoms. The monoisotopic (exact) mass is 262 g/mol. The van der Waals surface area contributed by atoms with Crippen molar-refractivity contribution in [3.05, 3.63) is 35.7 Å². The molecule has 0 radical (unpaired) electrons. The molecule has 0 aliphatic carbocycles. The van der Waals surface area contributed by atoms with Crippen LogP contribution in [-0.4, -0.2) is 29.2 Å². The summed E-state index contributed by atoms with van der Waals surface area (Å²) in [6.45, 7) is 2.49. The van der Waals surface area contributed by atoms with Gasteiger partial charge in [0.05, 0.1) is 32.7 Å². The number of nitrogens with zero attached hydrogens (tertiary/aromatic N) is 3. The van der Waals surface area contributed by atoms with E-state index < -0.39 is 0 Å². The molecule has 0 saturated carbocycles. The Bertz CT molecular complexity index is 551. The summed E-state index contributed by atoms with van der Waals surface area (Å²) in [5, 5.41) is 8.07. The first kappa shape index (κ1) is 13.4. The van der Waals surface area contributed by atoms with Crippen LogP contribution >= 0.6 is 0 Å². The van der Waals surface area contributed by atoms with Crippen molar-refractivity contribution in [1.82, 2.24) is 15.0 Å². The number of benzene rings is 1. The molecule has 6 heteroatoms. The van der Waals surface area contributed by atoms with Gasteiger partial charge in [-0.15, -0.1) is 5.10 Å². The van der Waals surface area contributed by atoms with E-state index in [1.165, 1.54) is 0 Å². The summed E-state index contributed by atoms with van der Waals surface area (Å²) in [6.07, 6.45) is 1.85. The van der Waals surface area contributed by atoms with Crippen LogP contribution in [0.3, 0.4) is 0 Å². The van der Waals surface area contributed by atoms with E-state index in [0.717, 1.165) is 11.3 Å². The quantitative estimate of drug-likeness (QED) is 0.880. The number of rotatable bonds is 5. The Balaban J connectivity index is 2.18. The molecule has 6 nitrogen and oxygen atoms in total. The van der Waals surface area contributed by atoms with Crippen LogP contribution in [0.4, 0.5) is 0 Å². The fourth-order valence-electron chi connectivity index (χ4n) is 1.77. The number of ether oxygens (including phenoxy) is 2. The highest BCUT2D eigenvalue weighted by molar-refractivity contribution is 5.42. The van der Waals surface area contributed by atoms with Crippen molar-refractivity contribution in [3.8, 4) is 11.5 Å². The predicted molar refractivity (Wildman–Crippen MR) is 71.3 cm³/mol. The molecule has 19 heavy (non-hydrogen) atoms. The standard InChI is InChI=1S/C13H18N4O2/c1-9(14)11-8-17(16-15-11)7-10-4-5-12(18-2)13(6-10)19-3/h4-6,8-9H,7,14H2,1-3H3. The average molecular weight is 262 g/mol. The van der Waals surface area contributed by atoms with E-state index in [0.29, 0.717) is 18.0 Å². The van der Waals surface area contributed by atoms with Gasteiger partial charge in [0.2, 0.25) is 0 Å². The molecule has 2 rings (SSSR count). The van der Waals surface area contributed by atoms with Gasteiger partial charge in [0.1, 0.15) is 0 Å². The minimum atomic E-state index is -0.112. The molecule has 102 valence electrons. The fraction of sp³-hybridized carbons (Fsp3) is 0.385. The molecule has 0 aliphatic rings. The largest absolute Gasteiger partial charge is 0.493 e. The van der Waals surface area contributed by atoms with Crippen molar-refractivity contribution in [2.24, 2.45) is 5.73 Å². The number of nitrogens with two attached hydrogens (primary N) is 1. The zero-order valence-electron chi connectivity index (χ0n) is 11.3. The second-order valence-corrected chi connectivity index (χ2v) is 4.32. The maximum atomic E-state index is 5.75. The molecule has 1 aromatic carbocycles. The predicted octanol–water partition coefficient (Wildman–Crippen LogP) is 1.36. The van der Waals surface area contributed by atoms with E-state index in [-0.39, 0.29) is 6.04 Å². The smallest absolute Gasteiger partial charge is 0.161 e. The molecule has 1 aromatic heterocycles. The number of methoxy groups -OCH3 is 2. The molecular weight excluding hydrogens is 244 g/mol. The highest BCUT2D eigenvalue weighted by Crippen LogP contribution is 2.27. The summed E-state index contributed by atoms with van der Waals surface area (Å²) < 4.78 is 12.2. The van der Waals surface area contributed by atoms with Crippen LogP contribution in [-0.2, 0) is 6.54 Å². The lowest BCUT2D eigenvalue weighted by Crippen LogP contribution is -2.05. The minimum Gasteiger partial charge on any atom is -0.493 e. The third kappa shape index (κ3) is 3.03. The topological polar surface area (TPSA) is 75.2 Å². The Morgan fingerprint density at radius 3 is 2.58 bits per heavy atom. The van der Waals surface area contributed by atoms with Gasteiger partial charge in [0.15, 0.2) is 11.5 Å². The van der Waals surface area contributed by atoms with Crippen LogP contribution in [0, 0.1) is 0 Å². The number of hydrogen-bond acceptors (Lipinski definition) is 5. The molecule has 0 aliphatic heterocycles. The van der Waals surface area contributed by atoms with Crippen LogP contribution < -0.4 is 15.2 Å². The summed E-state index contributed by atoms with van der Waals surface area (Å²) in [5.74, 6) is 1.41. The zero-order valence-corrected chi connectivity index (χ0v) is 11.3. The Morgan fingerprint density at radius 1 is 1.26 bits per heavy atom. The van der Waals surface area contributed by atoms with E-state index in [4.69, 9.17) is 15.2 Å². The van der Waals surface area contributed by atoms with Crippen molar-refractivity contribution in [2.45, 2.75) is 19.5 Å². The highest BCUT2D eigenvalue weighted by atomic mass is 16.5. The van der Waals surface area contributed by atoms with Gasteiger partial charge < -0.3 is 15.2 Å². The second-order valence-electron chi connectivity index (χ2n) is 4.32.